The molecule has 2 atom stereocenters. The molecule has 0 aromatic heterocycles. The lowest BCUT2D eigenvalue weighted by Gasteiger charge is -2.20. The summed E-state index contributed by atoms with van der Waals surface area (Å²) in [5.74, 6) is 0.418. The average molecular weight is 316 g/mol. The molecule has 0 spiro atoms. The molecule has 0 bridgehead atoms. The lowest BCUT2D eigenvalue weighted by Crippen LogP contribution is -2.22. The van der Waals surface area contributed by atoms with E-state index in [2.05, 4.69) is 19.1 Å². The third kappa shape index (κ3) is 3.50. The Morgan fingerprint density at radius 1 is 1.17 bits per heavy atom. The van der Waals surface area contributed by atoms with Gasteiger partial charge in [-0.15, -0.1) is 0 Å². The number of rotatable bonds is 2. The second-order valence-corrected chi connectivity index (χ2v) is 7.88. The SMILES string of the molecule is Cc1cc(C)c(C2=C(OC(=O)C(C)(C)C)CC(C)C2O)c(C)c1. The molecular weight excluding hydrogens is 288 g/mol. The Hall–Kier alpha value is -1.61. The Kier molecular flexibility index (Phi) is 4.72. The number of carbonyl (C=O) groups excluding carboxylic acids is 1. The van der Waals surface area contributed by atoms with Crippen LogP contribution >= 0.6 is 0 Å². The molecule has 1 aliphatic carbocycles. The first-order chi connectivity index (χ1) is 10.5. The third-order valence-corrected chi connectivity index (χ3v) is 4.42. The smallest absolute Gasteiger partial charge is 0.316 e. The van der Waals surface area contributed by atoms with Crippen LogP contribution in [0.2, 0.25) is 0 Å². The Balaban J connectivity index is 2.54. The Labute approximate surface area is 139 Å². The van der Waals surface area contributed by atoms with Crippen molar-refractivity contribution in [3.05, 3.63) is 40.1 Å². The molecule has 1 aromatic rings. The predicted molar refractivity (Wildman–Crippen MR) is 92.9 cm³/mol. The summed E-state index contributed by atoms with van der Waals surface area (Å²) in [6.07, 6.45) is -0.0108. The molecule has 0 heterocycles. The summed E-state index contributed by atoms with van der Waals surface area (Å²) in [5.41, 5.74) is 4.64. The Morgan fingerprint density at radius 3 is 2.17 bits per heavy atom. The number of carbonyl (C=O) groups is 1. The van der Waals surface area contributed by atoms with Crippen molar-refractivity contribution < 1.29 is 14.6 Å². The molecule has 0 aliphatic heterocycles. The second kappa shape index (κ2) is 6.12. The summed E-state index contributed by atoms with van der Waals surface area (Å²) < 4.78 is 5.70. The molecule has 3 heteroatoms. The number of esters is 1. The zero-order valence-corrected chi connectivity index (χ0v) is 15.3. The number of aliphatic hydroxyl groups is 1. The summed E-state index contributed by atoms with van der Waals surface area (Å²) in [6, 6.07) is 4.21. The number of hydrogen-bond donors (Lipinski definition) is 1. The molecule has 0 saturated carbocycles. The molecule has 2 rings (SSSR count). The summed E-state index contributed by atoms with van der Waals surface area (Å²) >= 11 is 0. The molecule has 1 aromatic carbocycles. The zero-order valence-electron chi connectivity index (χ0n) is 15.3. The van der Waals surface area contributed by atoms with Gasteiger partial charge in [-0.25, -0.2) is 0 Å². The molecular formula is C20H28O3. The van der Waals surface area contributed by atoms with Crippen molar-refractivity contribution in [3.8, 4) is 0 Å². The van der Waals surface area contributed by atoms with Crippen LogP contribution in [0.1, 0.15) is 56.4 Å². The van der Waals surface area contributed by atoms with Gasteiger partial charge in [-0.2, -0.15) is 0 Å². The highest BCUT2D eigenvalue weighted by Crippen LogP contribution is 2.41. The predicted octanol–water partition coefficient (Wildman–Crippen LogP) is 4.31. The van der Waals surface area contributed by atoms with Crippen molar-refractivity contribution in [2.45, 2.75) is 61.0 Å². The molecule has 2 unspecified atom stereocenters. The standard InChI is InChI=1S/C20H28O3/c1-11-8-12(2)16(13(3)9-11)17-15(10-14(4)18(17)21)23-19(22)20(5,6)7/h8-9,14,18,21H,10H2,1-7H3. The van der Waals surface area contributed by atoms with E-state index < -0.39 is 11.5 Å². The van der Waals surface area contributed by atoms with Crippen molar-refractivity contribution in [1.82, 2.24) is 0 Å². The normalized spacial score (nSPS) is 21.7. The molecule has 0 fully saturated rings. The quantitative estimate of drug-likeness (QED) is 0.827. The molecule has 3 nitrogen and oxygen atoms in total. The molecule has 126 valence electrons. The first kappa shape index (κ1) is 17.7. The molecule has 0 saturated heterocycles. The Bertz CT molecular complexity index is 639. The van der Waals surface area contributed by atoms with Crippen LogP contribution in [0.4, 0.5) is 0 Å². The van der Waals surface area contributed by atoms with Crippen LogP contribution in [0.25, 0.3) is 5.57 Å². The van der Waals surface area contributed by atoms with Crippen LogP contribution in [0.15, 0.2) is 17.9 Å². The van der Waals surface area contributed by atoms with E-state index in [1.165, 1.54) is 5.56 Å². The fourth-order valence-corrected chi connectivity index (χ4v) is 3.22. The van der Waals surface area contributed by atoms with Gasteiger partial charge < -0.3 is 9.84 Å². The van der Waals surface area contributed by atoms with E-state index in [0.29, 0.717) is 12.2 Å². The van der Waals surface area contributed by atoms with Gasteiger partial charge in [0.25, 0.3) is 0 Å². The number of hydrogen-bond acceptors (Lipinski definition) is 3. The van der Waals surface area contributed by atoms with Crippen LogP contribution in [-0.2, 0) is 9.53 Å². The van der Waals surface area contributed by atoms with E-state index in [9.17, 15) is 9.90 Å². The van der Waals surface area contributed by atoms with Crippen LogP contribution in [-0.4, -0.2) is 17.2 Å². The van der Waals surface area contributed by atoms with Crippen molar-refractivity contribution in [1.29, 1.82) is 0 Å². The minimum atomic E-state index is -0.599. The minimum Gasteiger partial charge on any atom is -0.430 e. The summed E-state index contributed by atoms with van der Waals surface area (Å²) in [6.45, 7) is 13.7. The van der Waals surface area contributed by atoms with E-state index in [4.69, 9.17) is 4.74 Å². The lowest BCUT2D eigenvalue weighted by molar-refractivity contribution is -0.148. The van der Waals surface area contributed by atoms with Crippen molar-refractivity contribution in [2.75, 3.05) is 0 Å². The third-order valence-electron chi connectivity index (χ3n) is 4.42. The van der Waals surface area contributed by atoms with Gasteiger partial charge in [0.1, 0.15) is 5.76 Å². The van der Waals surface area contributed by atoms with E-state index in [1.807, 2.05) is 41.5 Å². The van der Waals surface area contributed by atoms with Crippen LogP contribution in [0.5, 0.6) is 0 Å². The van der Waals surface area contributed by atoms with E-state index in [0.717, 1.165) is 22.3 Å². The van der Waals surface area contributed by atoms with Crippen molar-refractivity contribution >= 4 is 11.5 Å². The maximum atomic E-state index is 12.3. The fraction of sp³-hybridized carbons (Fsp3) is 0.550. The lowest BCUT2D eigenvalue weighted by atomic mass is 9.90. The summed E-state index contributed by atoms with van der Waals surface area (Å²) in [7, 11) is 0. The number of aryl methyl sites for hydroxylation is 3. The summed E-state index contributed by atoms with van der Waals surface area (Å²) in [5, 5.41) is 10.7. The van der Waals surface area contributed by atoms with Gasteiger partial charge in [0.05, 0.1) is 11.5 Å². The molecule has 23 heavy (non-hydrogen) atoms. The van der Waals surface area contributed by atoms with Gasteiger partial charge >= 0.3 is 5.97 Å². The minimum absolute atomic E-state index is 0.0490. The highest BCUT2D eigenvalue weighted by atomic mass is 16.5. The molecule has 0 radical (unpaired) electrons. The topological polar surface area (TPSA) is 46.5 Å². The van der Waals surface area contributed by atoms with E-state index in [1.54, 1.807) is 0 Å². The van der Waals surface area contributed by atoms with Gasteiger partial charge in [0.2, 0.25) is 0 Å². The number of benzene rings is 1. The summed E-state index contributed by atoms with van der Waals surface area (Å²) in [4.78, 5) is 12.3. The number of aliphatic hydroxyl groups excluding tert-OH is 1. The van der Waals surface area contributed by atoms with Crippen molar-refractivity contribution in [2.24, 2.45) is 11.3 Å². The monoisotopic (exact) mass is 316 g/mol. The molecule has 1 N–H and O–H groups in total. The van der Waals surface area contributed by atoms with E-state index >= 15 is 0 Å². The van der Waals surface area contributed by atoms with Crippen LogP contribution in [0.3, 0.4) is 0 Å². The molecule has 0 amide bonds. The van der Waals surface area contributed by atoms with Gasteiger partial charge in [0, 0.05) is 12.0 Å². The van der Waals surface area contributed by atoms with Gasteiger partial charge in [-0.1, -0.05) is 24.6 Å². The highest BCUT2D eigenvalue weighted by molar-refractivity contribution is 5.82. The fourth-order valence-electron chi connectivity index (χ4n) is 3.22. The maximum absolute atomic E-state index is 12.3. The number of allylic oxidation sites excluding steroid dienone is 1. The van der Waals surface area contributed by atoms with Gasteiger partial charge in [-0.05, 0) is 64.2 Å². The highest BCUT2D eigenvalue weighted by Gasteiger charge is 2.36. The Morgan fingerprint density at radius 2 is 1.70 bits per heavy atom. The average Bonchev–Trinajstić information content (AvgIpc) is 2.64. The van der Waals surface area contributed by atoms with Gasteiger partial charge in [0.15, 0.2) is 0 Å². The van der Waals surface area contributed by atoms with Crippen LogP contribution < -0.4 is 0 Å². The number of ether oxygens (including phenoxy) is 1. The maximum Gasteiger partial charge on any atom is 0.316 e. The first-order valence-electron chi connectivity index (χ1n) is 8.24. The molecule has 1 aliphatic rings. The van der Waals surface area contributed by atoms with Crippen LogP contribution in [0, 0.1) is 32.1 Å². The largest absolute Gasteiger partial charge is 0.430 e. The van der Waals surface area contributed by atoms with Crippen molar-refractivity contribution in [3.63, 3.8) is 0 Å². The van der Waals surface area contributed by atoms with Gasteiger partial charge in [-0.3, -0.25) is 4.79 Å². The first-order valence-corrected chi connectivity index (χ1v) is 8.24. The zero-order chi connectivity index (χ0) is 17.5. The van der Waals surface area contributed by atoms with E-state index in [-0.39, 0.29) is 11.9 Å². The second-order valence-electron chi connectivity index (χ2n) is 7.88.